The molecule has 1 amide bonds. The van der Waals surface area contributed by atoms with E-state index < -0.39 is 0 Å². The summed E-state index contributed by atoms with van der Waals surface area (Å²) in [5.41, 5.74) is 6.01. The highest BCUT2D eigenvalue weighted by molar-refractivity contribution is 6.30. The molecule has 4 heteroatoms. The lowest BCUT2D eigenvalue weighted by molar-refractivity contribution is -0.117. The third-order valence-electron chi connectivity index (χ3n) is 1.96. The number of ether oxygens (including phenoxy) is 1. The predicted molar refractivity (Wildman–Crippen MR) is 60.1 cm³/mol. The van der Waals surface area contributed by atoms with Crippen LogP contribution in [-0.2, 0) is 11.2 Å². The van der Waals surface area contributed by atoms with Gasteiger partial charge in [0.1, 0.15) is 5.75 Å². The van der Waals surface area contributed by atoms with Crippen LogP contribution in [-0.4, -0.2) is 12.5 Å². The summed E-state index contributed by atoms with van der Waals surface area (Å²) in [6.07, 6.45) is 0.867. The summed E-state index contributed by atoms with van der Waals surface area (Å²) in [6.45, 7) is 2.50. The van der Waals surface area contributed by atoms with Crippen LogP contribution in [0.1, 0.15) is 18.9 Å². The zero-order valence-corrected chi connectivity index (χ0v) is 9.38. The van der Waals surface area contributed by atoms with Gasteiger partial charge >= 0.3 is 0 Å². The Hall–Kier alpha value is -1.22. The van der Waals surface area contributed by atoms with E-state index in [0.29, 0.717) is 24.5 Å². The monoisotopic (exact) mass is 227 g/mol. The fourth-order valence-corrected chi connectivity index (χ4v) is 1.49. The van der Waals surface area contributed by atoms with Gasteiger partial charge in [-0.05, 0) is 37.1 Å². The Morgan fingerprint density at radius 3 is 2.87 bits per heavy atom. The summed E-state index contributed by atoms with van der Waals surface area (Å²) in [7, 11) is 0. The van der Waals surface area contributed by atoms with E-state index in [2.05, 4.69) is 0 Å². The Bertz CT molecular complexity index is 352. The molecule has 1 rings (SSSR count). The molecule has 0 saturated heterocycles. The van der Waals surface area contributed by atoms with Gasteiger partial charge in [0.25, 0.3) is 0 Å². The van der Waals surface area contributed by atoms with Crippen molar-refractivity contribution in [3.8, 4) is 5.75 Å². The molecule has 1 aromatic carbocycles. The zero-order valence-electron chi connectivity index (χ0n) is 8.63. The normalized spacial score (nSPS) is 10.0. The zero-order chi connectivity index (χ0) is 11.3. The molecule has 3 nitrogen and oxygen atoms in total. The number of halogens is 1. The largest absolute Gasteiger partial charge is 0.494 e. The topological polar surface area (TPSA) is 52.3 Å². The molecule has 0 bridgehead atoms. The Balaban J connectivity index is 2.81. The van der Waals surface area contributed by atoms with E-state index in [4.69, 9.17) is 22.1 Å². The maximum absolute atomic E-state index is 10.7. The van der Waals surface area contributed by atoms with E-state index in [1.165, 1.54) is 0 Å². The number of hydrogen-bond donors (Lipinski definition) is 1. The number of carbonyl (C=O) groups is 1. The second-order valence-electron chi connectivity index (χ2n) is 3.15. The Morgan fingerprint density at radius 1 is 1.53 bits per heavy atom. The van der Waals surface area contributed by atoms with Crippen molar-refractivity contribution in [2.24, 2.45) is 5.73 Å². The molecular formula is C11H14ClNO2. The fraction of sp³-hybridized carbons (Fsp3) is 0.364. The Labute approximate surface area is 94.2 Å². The first-order valence-electron chi connectivity index (χ1n) is 4.83. The van der Waals surface area contributed by atoms with E-state index >= 15 is 0 Å². The highest BCUT2D eigenvalue weighted by Crippen LogP contribution is 2.24. The van der Waals surface area contributed by atoms with Gasteiger partial charge in [0.15, 0.2) is 0 Å². The molecule has 0 aliphatic carbocycles. The molecule has 0 aliphatic rings. The minimum absolute atomic E-state index is 0.306. The van der Waals surface area contributed by atoms with Gasteiger partial charge in [0.05, 0.1) is 6.61 Å². The summed E-state index contributed by atoms with van der Waals surface area (Å²) in [5, 5.41) is 0.637. The van der Waals surface area contributed by atoms with Crippen molar-refractivity contribution in [1.29, 1.82) is 0 Å². The third kappa shape index (κ3) is 3.80. The molecule has 82 valence electrons. The first kappa shape index (κ1) is 11.9. The highest BCUT2D eigenvalue weighted by atomic mass is 35.5. The molecule has 0 aromatic heterocycles. The molecule has 0 atom stereocenters. The number of primary amides is 1. The molecule has 0 spiro atoms. The van der Waals surface area contributed by atoms with Crippen LogP contribution >= 0.6 is 11.6 Å². The number of amides is 1. The van der Waals surface area contributed by atoms with E-state index in [1.807, 2.05) is 13.0 Å². The van der Waals surface area contributed by atoms with Crippen LogP contribution in [0.5, 0.6) is 5.75 Å². The number of rotatable bonds is 5. The van der Waals surface area contributed by atoms with Gasteiger partial charge in [-0.1, -0.05) is 11.6 Å². The summed E-state index contributed by atoms with van der Waals surface area (Å²) in [4.78, 5) is 10.7. The second-order valence-corrected chi connectivity index (χ2v) is 3.59. The molecule has 0 saturated carbocycles. The standard InChI is InChI=1S/C11H14ClNO2/c1-2-15-10-5-4-9(12)7-8(10)3-6-11(13)14/h4-5,7H,2-3,6H2,1H3,(H2,13,14). The van der Waals surface area contributed by atoms with Gasteiger partial charge in [-0.2, -0.15) is 0 Å². The van der Waals surface area contributed by atoms with Crippen LogP contribution in [0, 0.1) is 0 Å². The second kappa shape index (κ2) is 5.61. The summed E-state index contributed by atoms with van der Waals surface area (Å²) >= 11 is 5.86. The van der Waals surface area contributed by atoms with Gasteiger partial charge in [0, 0.05) is 11.4 Å². The average molecular weight is 228 g/mol. The molecule has 0 heterocycles. The van der Waals surface area contributed by atoms with E-state index in [9.17, 15) is 4.79 Å². The van der Waals surface area contributed by atoms with Crippen LogP contribution in [0.15, 0.2) is 18.2 Å². The number of nitrogens with two attached hydrogens (primary N) is 1. The lowest BCUT2D eigenvalue weighted by Crippen LogP contribution is -2.11. The number of hydrogen-bond acceptors (Lipinski definition) is 2. The molecule has 2 N–H and O–H groups in total. The third-order valence-corrected chi connectivity index (χ3v) is 2.20. The fourth-order valence-electron chi connectivity index (χ4n) is 1.30. The van der Waals surface area contributed by atoms with Crippen LogP contribution in [0.3, 0.4) is 0 Å². The van der Waals surface area contributed by atoms with Crippen molar-refractivity contribution in [3.05, 3.63) is 28.8 Å². The molecule has 0 fully saturated rings. The molecule has 0 aliphatic heterocycles. The molecule has 0 unspecified atom stereocenters. The maximum atomic E-state index is 10.7. The van der Waals surface area contributed by atoms with Gasteiger partial charge in [0.2, 0.25) is 5.91 Å². The lowest BCUT2D eigenvalue weighted by atomic mass is 10.1. The Morgan fingerprint density at radius 2 is 2.27 bits per heavy atom. The van der Waals surface area contributed by atoms with Gasteiger partial charge in [-0.15, -0.1) is 0 Å². The average Bonchev–Trinajstić information content (AvgIpc) is 2.18. The van der Waals surface area contributed by atoms with Crippen LogP contribution in [0.4, 0.5) is 0 Å². The predicted octanol–water partition coefficient (Wildman–Crippen LogP) is 2.16. The molecule has 1 aromatic rings. The summed E-state index contributed by atoms with van der Waals surface area (Å²) < 4.78 is 5.41. The van der Waals surface area contributed by atoms with Crippen LogP contribution in [0.25, 0.3) is 0 Å². The molecular weight excluding hydrogens is 214 g/mol. The number of benzene rings is 1. The highest BCUT2D eigenvalue weighted by Gasteiger charge is 2.05. The van der Waals surface area contributed by atoms with Crippen molar-refractivity contribution >= 4 is 17.5 Å². The minimum atomic E-state index is -0.322. The van der Waals surface area contributed by atoms with Crippen LogP contribution < -0.4 is 10.5 Å². The Kier molecular flexibility index (Phi) is 4.43. The van der Waals surface area contributed by atoms with Crippen molar-refractivity contribution in [2.75, 3.05) is 6.61 Å². The summed E-state index contributed by atoms with van der Waals surface area (Å²) in [6, 6.07) is 5.37. The quantitative estimate of drug-likeness (QED) is 0.838. The maximum Gasteiger partial charge on any atom is 0.217 e. The van der Waals surface area contributed by atoms with E-state index in [-0.39, 0.29) is 5.91 Å². The smallest absolute Gasteiger partial charge is 0.217 e. The van der Waals surface area contributed by atoms with Crippen molar-refractivity contribution in [1.82, 2.24) is 0 Å². The molecule has 15 heavy (non-hydrogen) atoms. The SMILES string of the molecule is CCOc1ccc(Cl)cc1CCC(N)=O. The van der Waals surface area contributed by atoms with Gasteiger partial charge in [-0.25, -0.2) is 0 Å². The minimum Gasteiger partial charge on any atom is -0.494 e. The first-order chi connectivity index (χ1) is 7.13. The number of carbonyl (C=O) groups excluding carboxylic acids is 1. The molecule has 0 radical (unpaired) electrons. The first-order valence-corrected chi connectivity index (χ1v) is 5.20. The van der Waals surface area contributed by atoms with Crippen LogP contribution in [0.2, 0.25) is 5.02 Å². The number of aryl methyl sites for hydroxylation is 1. The van der Waals surface area contributed by atoms with Crippen molar-refractivity contribution < 1.29 is 9.53 Å². The van der Waals surface area contributed by atoms with Crippen molar-refractivity contribution in [2.45, 2.75) is 19.8 Å². The van der Waals surface area contributed by atoms with E-state index in [1.54, 1.807) is 12.1 Å². The van der Waals surface area contributed by atoms with Crippen molar-refractivity contribution in [3.63, 3.8) is 0 Å². The lowest BCUT2D eigenvalue weighted by Gasteiger charge is -2.09. The van der Waals surface area contributed by atoms with Gasteiger partial charge in [-0.3, -0.25) is 4.79 Å². The summed E-state index contributed by atoms with van der Waals surface area (Å²) in [5.74, 6) is 0.445. The van der Waals surface area contributed by atoms with Gasteiger partial charge < -0.3 is 10.5 Å². The van der Waals surface area contributed by atoms with E-state index in [0.717, 1.165) is 11.3 Å².